The van der Waals surface area contributed by atoms with Crippen LogP contribution in [0, 0.1) is 18.3 Å². The smallest absolute Gasteiger partial charge is 0.247 e. The van der Waals surface area contributed by atoms with E-state index in [2.05, 4.69) is 37.3 Å². The van der Waals surface area contributed by atoms with Crippen LogP contribution in [0.15, 0.2) is 84.0 Å². The number of carbonyl (C=O) groups excluding carboxylic acids is 1. The van der Waals surface area contributed by atoms with Crippen molar-refractivity contribution >= 4 is 28.8 Å². The summed E-state index contributed by atoms with van der Waals surface area (Å²) in [5.41, 5.74) is 5.42. The summed E-state index contributed by atoms with van der Waals surface area (Å²) >= 11 is 6.52. The molecule has 178 valence electrons. The molecular weight excluding hydrogens is 468 g/mol. The zero-order valence-corrected chi connectivity index (χ0v) is 21.0. The zero-order chi connectivity index (χ0) is 25.0. The Hall–Kier alpha value is -3.81. The van der Waals surface area contributed by atoms with Crippen LogP contribution in [0.1, 0.15) is 48.1 Å². The standard InChI is InChI=1S/C31H25ClN2O2/c1-3-4-15-34-26-14-13-22(32)17-25(26)31(30(34)35)21(18-33)16-24-28(31)23-7-5-6-8-27(23)36-29(24)20-11-9-19(2)10-12-20/h5-14,16-17,29H,3-4,15H2,1-2H3. The molecule has 6 rings (SSSR count). The van der Waals surface area contributed by atoms with Gasteiger partial charge < -0.3 is 9.64 Å². The normalized spacial score (nSPS) is 21.6. The Labute approximate surface area is 216 Å². The highest BCUT2D eigenvalue weighted by Crippen LogP contribution is 2.62. The molecule has 3 aromatic carbocycles. The van der Waals surface area contributed by atoms with Gasteiger partial charge >= 0.3 is 0 Å². The van der Waals surface area contributed by atoms with Crippen molar-refractivity contribution in [2.24, 2.45) is 0 Å². The number of aryl methyl sites for hydroxylation is 1. The van der Waals surface area contributed by atoms with Crippen LogP contribution in [0.5, 0.6) is 5.75 Å². The highest BCUT2D eigenvalue weighted by Gasteiger charge is 2.61. The lowest BCUT2D eigenvalue weighted by Gasteiger charge is -2.34. The molecule has 2 heterocycles. The van der Waals surface area contributed by atoms with Gasteiger partial charge in [-0.15, -0.1) is 0 Å². The van der Waals surface area contributed by atoms with E-state index in [0.717, 1.165) is 51.9 Å². The van der Waals surface area contributed by atoms with Gasteiger partial charge in [0.2, 0.25) is 5.91 Å². The molecule has 0 saturated heterocycles. The molecule has 0 aromatic heterocycles. The summed E-state index contributed by atoms with van der Waals surface area (Å²) in [5.74, 6) is 0.613. The number of fused-ring (bicyclic) bond motifs is 5. The molecule has 0 bridgehead atoms. The molecule has 5 heteroatoms. The van der Waals surface area contributed by atoms with E-state index in [1.807, 2.05) is 60.4 Å². The van der Waals surface area contributed by atoms with Gasteiger partial charge in [0.15, 0.2) is 0 Å². The molecule has 1 spiro atoms. The van der Waals surface area contributed by atoms with E-state index >= 15 is 0 Å². The Bertz CT molecular complexity index is 1510. The highest BCUT2D eigenvalue weighted by molar-refractivity contribution is 6.31. The van der Waals surface area contributed by atoms with Crippen molar-refractivity contribution in [2.45, 2.75) is 38.2 Å². The topological polar surface area (TPSA) is 53.3 Å². The number of hydrogen-bond donors (Lipinski definition) is 0. The molecule has 4 nitrogen and oxygen atoms in total. The molecule has 2 aliphatic heterocycles. The third kappa shape index (κ3) is 3.03. The fourth-order valence-electron chi connectivity index (χ4n) is 5.83. The molecule has 0 radical (unpaired) electrons. The van der Waals surface area contributed by atoms with Crippen molar-refractivity contribution in [1.29, 1.82) is 5.26 Å². The fraction of sp³-hybridized carbons (Fsp3) is 0.226. The van der Waals surface area contributed by atoms with E-state index < -0.39 is 11.5 Å². The summed E-state index contributed by atoms with van der Waals surface area (Å²) in [6.45, 7) is 4.75. The van der Waals surface area contributed by atoms with E-state index in [9.17, 15) is 10.1 Å². The Morgan fingerprint density at radius 3 is 2.64 bits per heavy atom. The molecule has 1 amide bonds. The second-order valence-corrected chi connectivity index (χ2v) is 10.1. The number of rotatable bonds is 4. The largest absolute Gasteiger partial charge is 0.480 e. The Morgan fingerprint density at radius 1 is 1.11 bits per heavy atom. The minimum atomic E-state index is -1.25. The number of nitrogens with zero attached hydrogens (tertiary/aromatic N) is 2. The van der Waals surface area contributed by atoms with Gasteiger partial charge in [-0.05, 0) is 54.8 Å². The van der Waals surface area contributed by atoms with Crippen molar-refractivity contribution in [3.63, 3.8) is 0 Å². The molecule has 2 atom stereocenters. The number of ether oxygens (including phenoxy) is 1. The SMILES string of the molecule is CCCCN1C(=O)C2(C(C#N)=CC3=C2c2ccccc2OC3c2ccc(C)cc2)c2cc(Cl)ccc21. The minimum absolute atomic E-state index is 0.0922. The van der Waals surface area contributed by atoms with Crippen LogP contribution < -0.4 is 9.64 Å². The van der Waals surface area contributed by atoms with Crippen molar-refractivity contribution in [3.05, 3.63) is 111 Å². The molecule has 0 saturated carbocycles. The van der Waals surface area contributed by atoms with Gasteiger partial charge in [0, 0.05) is 34.0 Å². The fourth-order valence-corrected chi connectivity index (χ4v) is 6.01. The maximum atomic E-state index is 14.5. The number of carbonyl (C=O) groups is 1. The van der Waals surface area contributed by atoms with Crippen LogP contribution in [-0.4, -0.2) is 12.5 Å². The van der Waals surface area contributed by atoms with E-state index in [1.54, 1.807) is 0 Å². The molecule has 1 aliphatic carbocycles. The lowest BCUT2D eigenvalue weighted by Crippen LogP contribution is -2.42. The zero-order valence-electron chi connectivity index (χ0n) is 20.2. The molecule has 3 aromatic rings. The van der Waals surface area contributed by atoms with Gasteiger partial charge in [-0.25, -0.2) is 0 Å². The lowest BCUT2D eigenvalue weighted by atomic mass is 9.69. The first-order valence-corrected chi connectivity index (χ1v) is 12.7. The first-order chi connectivity index (χ1) is 17.5. The van der Waals surface area contributed by atoms with Gasteiger partial charge in [-0.1, -0.05) is 73.0 Å². The van der Waals surface area contributed by atoms with Gasteiger partial charge in [0.25, 0.3) is 0 Å². The van der Waals surface area contributed by atoms with Crippen LogP contribution in [0.4, 0.5) is 5.69 Å². The third-order valence-corrected chi connectivity index (χ3v) is 7.74. The first kappa shape index (κ1) is 22.6. The molecule has 2 unspecified atom stereocenters. The first-order valence-electron chi connectivity index (χ1n) is 12.3. The molecule has 3 aliphatic rings. The number of amides is 1. The lowest BCUT2D eigenvalue weighted by molar-refractivity contribution is -0.120. The van der Waals surface area contributed by atoms with Gasteiger partial charge in [0.05, 0.1) is 11.6 Å². The Morgan fingerprint density at radius 2 is 1.89 bits per heavy atom. The van der Waals surface area contributed by atoms with Gasteiger partial charge in [-0.2, -0.15) is 5.26 Å². The van der Waals surface area contributed by atoms with Gasteiger partial charge in [-0.3, -0.25) is 4.79 Å². The maximum Gasteiger partial charge on any atom is 0.247 e. The maximum absolute atomic E-state index is 14.5. The number of nitriles is 1. The Balaban J connectivity index is 1.67. The molecule has 36 heavy (non-hydrogen) atoms. The molecule has 0 fully saturated rings. The average Bonchev–Trinajstić information content (AvgIpc) is 3.36. The predicted octanol–water partition coefficient (Wildman–Crippen LogP) is 7.08. The summed E-state index contributed by atoms with van der Waals surface area (Å²) < 4.78 is 6.54. The minimum Gasteiger partial charge on any atom is -0.480 e. The highest BCUT2D eigenvalue weighted by atomic mass is 35.5. The van der Waals surface area contributed by atoms with Gasteiger partial charge in [0.1, 0.15) is 17.3 Å². The average molecular weight is 493 g/mol. The van der Waals surface area contributed by atoms with E-state index in [1.165, 1.54) is 0 Å². The molecular formula is C31H25ClN2O2. The van der Waals surface area contributed by atoms with Crippen LogP contribution >= 0.6 is 11.6 Å². The van der Waals surface area contributed by atoms with Crippen LogP contribution in [0.25, 0.3) is 5.57 Å². The van der Waals surface area contributed by atoms with E-state index in [0.29, 0.717) is 22.9 Å². The summed E-state index contributed by atoms with van der Waals surface area (Å²) in [6.07, 6.45) is 3.27. The van der Waals surface area contributed by atoms with E-state index in [-0.39, 0.29) is 5.91 Å². The summed E-state index contributed by atoms with van der Waals surface area (Å²) in [5, 5.41) is 11.0. The molecule has 0 N–H and O–H groups in total. The summed E-state index contributed by atoms with van der Waals surface area (Å²) in [4.78, 5) is 16.4. The van der Waals surface area contributed by atoms with Crippen molar-refractivity contribution in [3.8, 4) is 11.8 Å². The van der Waals surface area contributed by atoms with Crippen LogP contribution in [-0.2, 0) is 10.2 Å². The van der Waals surface area contributed by atoms with Crippen LogP contribution in [0.3, 0.4) is 0 Å². The second-order valence-electron chi connectivity index (χ2n) is 9.63. The van der Waals surface area contributed by atoms with Crippen LogP contribution in [0.2, 0.25) is 5.02 Å². The summed E-state index contributed by atoms with van der Waals surface area (Å²) in [7, 11) is 0. The Kier molecular flexibility index (Phi) is 5.28. The number of benzene rings is 3. The van der Waals surface area contributed by atoms with Crippen molar-refractivity contribution < 1.29 is 9.53 Å². The number of unbranched alkanes of at least 4 members (excludes halogenated alkanes) is 1. The quantitative estimate of drug-likeness (QED) is 0.391. The second kappa shape index (κ2) is 8.40. The number of para-hydroxylation sites is 1. The monoisotopic (exact) mass is 492 g/mol. The number of anilines is 1. The van der Waals surface area contributed by atoms with Crippen molar-refractivity contribution in [1.82, 2.24) is 0 Å². The van der Waals surface area contributed by atoms with Crippen molar-refractivity contribution in [2.75, 3.05) is 11.4 Å². The third-order valence-electron chi connectivity index (χ3n) is 7.51. The predicted molar refractivity (Wildman–Crippen MR) is 142 cm³/mol. The number of halogens is 1. The summed E-state index contributed by atoms with van der Waals surface area (Å²) in [6, 6.07) is 24.0. The number of hydrogen-bond acceptors (Lipinski definition) is 3. The van der Waals surface area contributed by atoms with E-state index in [4.69, 9.17) is 16.3 Å².